The van der Waals surface area contributed by atoms with Crippen LogP contribution in [0.5, 0.6) is 0 Å². The molecule has 0 spiro atoms. The van der Waals surface area contributed by atoms with Crippen LogP contribution >= 0.6 is 11.8 Å². The summed E-state index contributed by atoms with van der Waals surface area (Å²) in [5, 5.41) is 4.17. The number of para-hydroxylation sites is 2. The fourth-order valence-electron chi connectivity index (χ4n) is 4.05. The summed E-state index contributed by atoms with van der Waals surface area (Å²) in [7, 11) is 0. The molecule has 33 heavy (non-hydrogen) atoms. The van der Waals surface area contributed by atoms with Crippen molar-refractivity contribution in [2.75, 3.05) is 17.6 Å². The van der Waals surface area contributed by atoms with E-state index in [4.69, 9.17) is 4.98 Å². The summed E-state index contributed by atoms with van der Waals surface area (Å²) in [5.74, 6) is 0.0711. The molecule has 176 valence electrons. The number of benzene rings is 2. The second-order valence-corrected chi connectivity index (χ2v) is 9.58. The standard InChI is InChI=1S/C26H34N4O2S/c1-6-20-11-7-9-13-22(20)27-24(31)17-33-26-28-23-14-10-8-12-21(23)25(32)30(26)16-15-29(18(2)3)19(4)5/h7-14,18-19H,6,15-17H2,1-5H3,(H,27,31). The fourth-order valence-corrected chi connectivity index (χ4v) is 4.88. The summed E-state index contributed by atoms with van der Waals surface area (Å²) < 4.78 is 1.72. The lowest BCUT2D eigenvalue weighted by atomic mass is 10.1. The summed E-state index contributed by atoms with van der Waals surface area (Å²) in [6.45, 7) is 12.0. The maximum Gasteiger partial charge on any atom is 0.262 e. The normalized spacial score (nSPS) is 11.6. The number of amides is 1. The third kappa shape index (κ3) is 6.24. The highest BCUT2D eigenvalue weighted by atomic mass is 32.2. The molecule has 7 heteroatoms. The molecule has 0 unspecified atom stereocenters. The van der Waals surface area contributed by atoms with Gasteiger partial charge in [0.1, 0.15) is 0 Å². The Hall–Kier alpha value is -2.64. The van der Waals surface area contributed by atoms with E-state index < -0.39 is 0 Å². The van der Waals surface area contributed by atoms with Crippen molar-refractivity contribution in [1.82, 2.24) is 14.5 Å². The molecule has 0 bridgehead atoms. The van der Waals surface area contributed by atoms with Crippen LogP contribution in [0.2, 0.25) is 0 Å². The number of rotatable bonds is 10. The number of thioether (sulfide) groups is 1. The summed E-state index contributed by atoms with van der Waals surface area (Å²) in [6, 6.07) is 15.9. The van der Waals surface area contributed by atoms with Crippen LogP contribution in [0.3, 0.4) is 0 Å². The van der Waals surface area contributed by atoms with Crippen LogP contribution in [0.15, 0.2) is 58.5 Å². The molecule has 0 aliphatic rings. The highest BCUT2D eigenvalue weighted by Crippen LogP contribution is 2.20. The molecule has 0 atom stereocenters. The number of nitrogens with one attached hydrogen (secondary N) is 1. The Labute approximate surface area is 200 Å². The molecule has 3 aromatic rings. The molecular formula is C26H34N4O2S. The van der Waals surface area contributed by atoms with E-state index in [2.05, 4.69) is 44.8 Å². The van der Waals surface area contributed by atoms with Crippen molar-refractivity contribution in [1.29, 1.82) is 0 Å². The molecule has 0 aliphatic heterocycles. The Morgan fingerprint density at radius 2 is 1.73 bits per heavy atom. The average molecular weight is 467 g/mol. The third-order valence-corrected chi connectivity index (χ3v) is 6.72. The van der Waals surface area contributed by atoms with Crippen LogP contribution in [0.1, 0.15) is 40.2 Å². The predicted molar refractivity (Wildman–Crippen MR) is 138 cm³/mol. The zero-order valence-electron chi connectivity index (χ0n) is 20.2. The van der Waals surface area contributed by atoms with E-state index >= 15 is 0 Å². The van der Waals surface area contributed by atoms with Gasteiger partial charge in [0.25, 0.3) is 5.56 Å². The number of nitrogens with zero attached hydrogens (tertiary/aromatic N) is 3. The quantitative estimate of drug-likeness (QED) is 0.343. The average Bonchev–Trinajstić information content (AvgIpc) is 2.79. The number of carbonyl (C=O) groups is 1. The maximum absolute atomic E-state index is 13.3. The molecule has 1 heterocycles. The molecule has 0 aliphatic carbocycles. The van der Waals surface area contributed by atoms with Crippen LogP contribution < -0.4 is 10.9 Å². The second kappa shape index (κ2) is 11.5. The van der Waals surface area contributed by atoms with E-state index in [-0.39, 0.29) is 17.2 Å². The van der Waals surface area contributed by atoms with Crippen LogP contribution in [0.4, 0.5) is 5.69 Å². The molecule has 6 nitrogen and oxygen atoms in total. The van der Waals surface area contributed by atoms with Crippen molar-refractivity contribution in [3.05, 3.63) is 64.4 Å². The molecular weight excluding hydrogens is 432 g/mol. The van der Waals surface area contributed by atoms with Gasteiger partial charge in [-0.25, -0.2) is 4.98 Å². The van der Waals surface area contributed by atoms with Gasteiger partial charge in [-0.15, -0.1) is 0 Å². The second-order valence-electron chi connectivity index (χ2n) is 8.64. The monoisotopic (exact) mass is 466 g/mol. The lowest BCUT2D eigenvalue weighted by molar-refractivity contribution is -0.113. The summed E-state index contributed by atoms with van der Waals surface area (Å²) >= 11 is 1.31. The van der Waals surface area contributed by atoms with Gasteiger partial charge >= 0.3 is 0 Å². The van der Waals surface area contributed by atoms with Crippen LogP contribution in [0.25, 0.3) is 10.9 Å². The van der Waals surface area contributed by atoms with E-state index in [0.29, 0.717) is 34.7 Å². The van der Waals surface area contributed by atoms with Crippen molar-refractivity contribution in [3.8, 4) is 0 Å². The molecule has 0 fully saturated rings. The Morgan fingerprint density at radius 3 is 2.42 bits per heavy atom. The molecule has 2 aromatic carbocycles. The van der Waals surface area contributed by atoms with Gasteiger partial charge < -0.3 is 5.32 Å². The zero-order valence-corrected chi connectivity index (χ0v) is 21.0. The molecule has 1 aromatic heterocycles. The van der Waals surface area contributed by atoms with Crippen molar-refractivity contribution in [2.45, 2.75) is 64.8 Å². The van der Waals surface area contributed by atoms with Crippen LogP contribution in [-0.2, 0) is 17.8 Å². The summed E-state index contributed by atoms with van der Waals surface area (Å²) in [4.78, 5) is 33.1. The Bertz CT molecular complexity index is 1150. The van der Waals surface area contributed by atoms with Gasteiger partial charge in [0.2, 0.25) is 5.91 Å². The van der Waals surface area contributed by atoms with Gasteiger partial charge in [0.05, 0.1) is 16.7 Å². The lowest BCUT2D eigenvalue weighted by Crippen LogP contribution is -2.40. The Morgan fingerprint density at radius 1 is 1.06 bits per heavy atom. The van der Waals surface area contributed by atoms with Gasteiger partial charge in [-0.2, -0.15) is 0 Å². The van der Waals surface area contributed by atoms with Crippen LogP contribution in [0, 0.1) is 0 Å². The van der Waals surface area contributed by atoms with Crippen molar-refractivity contribution < 1.29 is 4.79 Å². The first-order valence-corrected chi connectivity index (χ1v) is 12.6. The molecule has 1 N–H and O–H groups in total. The molecule has 1 amide bonds. The topological polar surface area (TPSA) is 67.2 Å². The minimum Gasteiger partial charge on any atom is -0.325 e. The number of fused-ring (bicyclic) bond motifs is 1. The first-order valence-electron chi connectivity index (χ1n) is 11.6. The Kier molecular flexibility index (Phi) is 8.69. The highest BCUT2D eigenvalue weighted by Gasteiger charge is 2.17. The molecule has 0 radical (unpaired) electrons. The number of hydrogen-bond acceptors (Lipinski definition) is 5. The van der Waals surface area contributed by atoms with E-state index in [1.165, 1.54) is 11.8 Å². The first kappa shape index (κ1) is 25.0. The SMILES string of the molecule is CCc1ccccc1NC(=O)CSc1nc2ccccc2c(=O)n1CCN(C(C)C)C(C)C. The van der Waals surface area contributed by atoms with Gasteiger partial charge in [-0.3, -0.25) is 19.1 Å². The van der Waals surface area contributed by atoms with Gasteiger partial charge in [0.15, 0.2) is 5.16 Å². The van der Waals surface area contributed by atoms with E-state index in [9.17, 15) is 9.59 Å². The first-order chi connectivity index (χ1) is 15.8. The van der Waals surface area contributed by atoms with Crippen molar-refractivity contribution >= 4 is 34.3 Å². The fraction of sp³-hybridized carbons (Fsp3) is 0.423. The number of aromatic nitrogens is 2. The number of carbonyl (C=O) groups excluding carboxylic acids is 1. The highest BCUT2D eigenvalue weighted by molar-refractivity contribution is 7.99. The third-order valence-electron chi connectivity index (χ3n) is 5.74. The van der Waals surface area contributed by atoms with Crippen LogP contribution in [-0.4, -0.2) is 44.7 Å². The molecule has 0 saturated heterocycles. The van der Waals surface area contributed by atoms with E-state index in [0.717, 1.165) is 24.2 Å². The van der Waals surface area contributed by atoms with E-state index in [1.807, 2.05) is 48.5 Å². The molecule has 0 saturated carbocycles. The zero-order chi connectivity index (χ0) is 24.0. The minimum atomic E-state index is -0.110. The van der Waals surface area contributed by atoms with Crippen molar-refractivity contribution in [2.24, 2.45) is 0 Å². The van der Waals surface area contributed by atoms with Gasteiger partial charge in [-0.05, 0) is 57.9 Å². The van der Waals surface area contributed by atoms with E-state index in [1.54, 1.807) is 4.57 Å². The lowest BCUT2D eigenvalue weighted by Gasteiger charge is -2.30. The summed E-state index contributed by atoms with van der Waals surface area (Å²) in [5.41, 5.74) is 2.52. The maximum atomic E-state index is 13.3. The minimum absolute atomic E-state index is 0.0627. The summed E-state index contributed by atoms with van der Waals surface area (Å²) in [6.07, 6.45) is 0.845. The number of aryl methyl sites for hydroxylation is 1. The van der Waals surface area contributed by atoms with Crippen molar-refractivity contribution in [3.63, 3.8) is 0 Å². The number of anilines is 1. The predicted octanol–water partition coefficient (Wildman–Crippen LogP) is 4.81. The largest absolute Gasteiger partial charge is 0.325 e. The Balaban J connectivity index is 1.83. The smallest absolute Gasteiger partial charge is 0.262 e. The molecule has 3 rings (SSSR count). The number of hydrogen-bond donors (Lipinski definition) is 1. The van der Waals surface area contributed by atoms with Gasteiger partial charge in [-0.1, -0.05) is 49.0 Å². The van der Waals surface area contributed by atoms with Gasteiger partial charge in [0, 0.05) is 30.9 Å².